The normalized spacial score (nSPS) is 14.1. The number of non-ortho nitro benzene ring substituents is 1. The van der Waals surface area contributed by atoms with E-state index in [4.69, 9.17) is 9.47 Å². The number of rotatable bonds is 8. The zero-order valence-corrected chi connectivity index (χ0v) is 21.6. The number of benzene rings is 4. The fourth-order valence-electron chi connectivity index (χ4n) is 4.17. The predicted molar refractivity (Wildman–Crippen MR) is 148 cm³/mol. The van der Waals surface area contributed by atoms with Gasteiger partial charge in [0.05, 0.1) is 34.5 Å². The van der Waals surface area contributed by atoms with Crippen molar-refractivity contribution < 1.29 is 28.9 Å². The van der Waals surface area contributed by atoms with E-state index in [-0.39, 0.29) is 28.7 Å². The molecule has 4 aromatic rings. The average molecular weight is 558 g/mol. The Balaban J connectivity index is 1.46. The molecule has 0 N–H and O–H groups in total. The Morgan fingerprint density at radius 3 is 2.38 bits per heavy atom. The Labute approximate surface area is 230 Å². The molecule has 0 atom stereocenters. The van der Waals surface area contributed by atoms with Crippen molar-refractivity contribution in [1.82, 2.24) is 4.90 Å². The van der Waals surface area contributed by atoms with Crippen LogP contribution in [0.25, 0.3) is 16.8 Å². The molecule has 1 heterocycles. The van der Waals surface area contributed by atoms with Crippen LogP contribution in [0.15, 0.2) is 83.8 Å². The second-order valence-corrected chi connectivity index (χ2v) is 9.59. The smallest absolute Gasteiger partial charge is 0.318 e. The molecule has 11 nitrogen and oxygen atoms in total. The van der Waals surface area contributed by atoms with E-state index in [9.17, 15) is 29.8 Å². The molecule has 0 unspecified atom stereocenters. The quantitative estimate of drug-likeness (QED) is 0.131. The zero-order valence-electron chi connectivity index (χ0n) is 20.8. The van der Waals surface area contributed by atoms with Crippen LogP contribution in [0.2, 0.25) is 0 Å². The lowest BCUT2D eigenvalue weighted by Gasteiger charge is -2.14. The van der Waals surface area contributed by atoms with E-state index in [1.807, 2.05) is 42.5 Å². The fraction of sp³-hybridized carbons (Fsp3) is 0.0714. The first-order valence-corrected chi connectivity index (χ1v) is 12.6. The van der Waals surface area contributed by atoms with Gasteiger partial charge in [-0.15, -0.1) is 0 Å². The van der Waals surface area contributed by atoms with Gasteiger partial charge in [0.25, 0.3) is 16.8 Å². The van der Waals surface area contributed by atoms with Crippen LogP contribution in [0.3, 0.4) is 0 Å². The summed E-state index contributed by atoms with van der Waals surface area (Å²) in [6.07, 6.45) is 1.44. The van der Waals surface area contributed by atoms with E-state index < -0.39 is 32.4 Å². The van der Waals surface area contributed by atoms with Crippen LogP contribution in [0, 0.1) is 20.2 Å². The van der Waals surface area contributed by atoms with Gasteiger partial charge in [-0.25, -0.2) is 0 Å². The molecule has 5 rings (SSSR count). The third kappa shape index (κ3) is 5.20. The average Bonchev–Trinajstić information content (AvgIpc) is 3.21. The molecule has 12 heteroatoms. The van der Waals surface area contributed by atoms with E-state index in [2.05, 4.69) is 0 Å². The Kier molecular flexibility index (Phi) is 7.17. The topological polar surface area (TPSA) is 142 Å². The number of nitrogens with zero attached hydrogens (tertiary/aromatic N) is 3. The van der Waals surface area contributed by atoms with E-state index >= 15 is 0 Å². The summed E-state index contributed by atoms with van der Waals surface area (Å²) in [4.78, 5) is 48.5. The third-order valence-electron chi connectivity index (χ3n) is 6.11. The Hall–Kier alpha value is -5.23. The highest BCUT2D eigenvalue weighted by Crippen LogP contribution is 2.42. The molecule has 2 amide bonds. The first-order valence-electron chi connectivity index (χ1n) is 11.8. The number of carbonyl (C=O) groups excluding carboxylic acids is 2. The molecule has 0 aromatic heterocycles. The van der Waals surface area contributed by atoms with E-state index in [0.29, 0.717) is 5.56 Å². The molecule has 0 spiro atoms. The summed E-state index contributed by atoms with van der Waals surface area (Å²) in [6.45, 7) is 0.0866. The predicted octanol–water partition coefficient (Wildman–Crippen LogP) is 6.69. The second kappa shape index (κ2) is 10.9. The van der Waals surface area contributed by atoms with Crippen molar-refractivity contribution >= 4 is 51.1 Å². The second-order valence-electron chi connectivity index (χ2n) is 8.60. The molecule has 0 bridgehead atoms. The van der Waals surface area contributed by atoms with Crippen molar-refractivity contribution in [3.05, 3.63) is 115 Å². The molecule has 1 aliphatic rings. The molecule has 40 heavy (non-hydrogen) atoms. The van der Waals surface area contributed by atoms with Gasteiger partial charge in [-0.3, -0.25) is 34.7 Å². The molecule has 0 radical (unpaired) electrons. The summed E-state index contributed by atoms with van der Waals surface area (Å²) in [5.41, 5.74) is 0.00231. The lowest BCUT2D eigenvalue weighted by molar-refractivity contribution is -0.394. The first-order chi connectivity index (χ1) is 19.2. The number of para-hydroxylation sites is 1. The molecular weight excluding hydrogens is 538 g/mol. The van der Waals surface area contributed by atoms with Crippen molar-refractivity contribution in [2.45, 2.75) is 6.54 Å². The number of nitro benzene ring substituents is 2. The van der Waals surface area contributed by atoms with Crippen molar-refractivity contribution in [2.75, 3.05) is 7.11 Å². The minimum atomic E-state index is -0.796. The summed E-state index contributed by atoms with van der Waals surface area (Å²) in [7, 11) is 1.37. The third-order valence-corrected chi connectivity index (χ3v) is 7.01. The standard InChI is InChI=1S/C28H19N3O8S/c1-38-24-8-4-7-20(26(24)39-23-12-11-21(30(34)35)15-22(23)31(36)37)14-25-27(32)29(28(33)40-25)16-17-9-10-18-5-2-3-6-19(18)13-17/h2-15H,16H2,1H3/b25-14-. The van der Waals surface area contributed by atoms with Crippen molar-refractivity contribution in [3.8, 4) is 17.2 Å². The largest absolute Gasteiger partial charge is 0.493 e. The zero-order chi connectivity index (χ0) is 28.4. The molecule has 200 valence electrons. The highest BCUT2D eigenvalue weighted by Gasteiger charge is 2.35. The lowest BCUT2D eigenvalue weighted by atomic mass is 10.1. The van der Waals surface area contributed by atoms with Gasteiger partial charge < -0.3 is 9.47 Å². The number of thioether (sulfide) groups is 1. The summed E-state index contributed by atoms with van der Waals surface area (Å²) in [6, 6.07) is 21.2. The fourth-order valence-corrected chi connectivity index (χ4v) is 5.00. The number of fused-ring (bicyclic) bond motifs is 1. The van der Waals surface area contributed by atoms with Gasteiger partial charge in [-0.05, 0) is 52.4 Å². The van der Waals surface area contributed by atoms with Gasteiger partial charge in [0.1, 0.15) is 0 Å². The van der Waals surface area contributed by atoms with Gasteiger partial charge in [0.15, 0.2) is 11.5 Å². The van der Waals surface area contributed by atoms with Gasteiger partial charge in [0.2, 0.25) is 5.75 Å². The lowest BCUT2D eigenvalue weighted by Crippen LogP contribution is -2.27. The SMILES string of the molecule is COc1cccc(/C=C2\SC(=O)N(Cc3ccc4ccccc4c3)C2=O)c1Oc1ccc([N+](=O)[O-])cc1[N+](=O)[O-]. The van der Waals surface area contributed by atoms with Crippen LogP contribution in [-0.2, 0) is 11.3 Å². The number of amides is 2. The number of hydrogen-bond donors (Lipinski definition) is 0. The monoisotopic (exact) mass is 557 g/mol. The summed E-state index contributed by atoms with van der Waals surface area (Å²) in [5.74, 6) is -0.544. The van der Waals surface area contributed by atoms with Gasteiger partial charge in [-0.1, -0.05) is 48.5 Å². The van der Waals surface area contributed by atoms with Crippen LogP contribution >= 0.6 is 11.8 Å². The molecule has 1 aliphatic heterocycles. The summed E-state index contributed by atoms with van der Waals surface area (Å²) >= 11 is 0.760. The summed E-state index contributed by atoms with van der Waals surface area (Å²) in [5, 5.41) is 24.3. The van der Waals surface area contributed by atoms with Gasteiger partial charge in [0, 0.05) is 11.6 Å². The van der Waals surface area contributed by atoms with E-state index in [1.54, 1.807) is 18.2 Å². The highest BCUT2D eigenvalue weighted by atomic mass is 32.2. The minimum absolute atomic E-state index is 0.0308. The van der Waals surface area contributed by atoms with E-state index in [0.717, 1.165) is 51.2 Å². The number of imide groups is 1. The van der Waals surface area contributed by atoms with Crippen LogP contribution in [0.5, 0.6) is 17.2 Å². The number of ether oxygens (including phenoxy) is 2. The number of methoxy groups -OCH3 is 1. The van der Waals surface area contributed by atoms with Crippen molar-refractivity contribution in [2.24, 2.45) is 0 Å². The molecule has 4 aromatic carbocycles. The number of carbonyl (C=O) groups is 2. The minimum Gasteiger partial charge on any atom is -0.493 e. The Morgan fingerprint density at radius 1 is 0.875 bits per heavy atom. The van der Waals surface area contributed by atoms with Crippen LogP contribution in [0.1, 0.15) is 11.1 Å². The maximum absolute atomic E-state index is 13.2. The van der Waals surface area contributed by atoms with Crippen molar-refractivity contribution in [3.63, 3.8) is 0 Å². The molecular formula is C28H19N3O8S. The van der Waals surface area contributed by atoms with Crippen LogP contribution in [-0.4, -0.2) is 33.0 Å². The number of nitro groups is 2. The Morgan fingerprint density at radius 2 is 1.65 bits per heavy atom. The summed E-state index contributed by atoms with van der Waals surface area (Å²) < 4.78 is 11.2. The van der Waals surface area contributed by atoms with Crippen molar-refractivity contribution in [1.29, 1.82) is 0 Å². The molecule has 1 fully saturated rings. The van der Waals surface area contributed by atoms with E-state index in [1.165, 1.54) is 13.2 Å². The Bertz CT molecular complexity index is 1740. The highest BCUT2D eigenvalue weighted by molar-refractivity contribution is 8.18. The van der Waals surface area contributed by atoms with Gasteiger partial charge in [-0.2, -0.15) is 0 Å². The maximum atomic E-state index is 13.2. The van der Waals surface area contributed by atoms with Gasteiger partial charge >= 0.3 is 5.69 Å². The first kappa shape index (κ1) is 26.4. The molecule has 1 saturated heterocycles. The molecule has 0 saturated carbocycles. The maximum Gasteiger partial charge on any atom is 0.318 e. The van der Waals surface area contributed by atoms with Crippen LogP contribution in [0.4, 0.5) is 16.2 Å². The van der Waals surface area contributed by atoms with Crippen LogP contribution < -0.4 is 9.47 Å². The number of hydrogen-bond acceptors (Lipinski definition) is 9. The molecule has 0 aliphatic carbocycles.